The third kappa shape index (κ3) is 3.43. The predicted molar refractivity (Wildman–Crippen MR) is 74.5 cm³/mol. The van der Waals surface area contributed by atoms with Gasteiger partial charge in [-0.25, -0.2) is 4.39 Å². The average Bonchev–Trinajstić information content (AvgIpc) is 2.32. The Balaban J connectivity index is 0.00000162. The van der Waals surface area contributed by atoms with Crippen LogP contribution >= 0.6 is 28.3 Å². The molecule has 2 N–H and O–H groups in total. The number of hydrogen-bond donors (Lipinski definition) is 1. The summed E-state index contributed by atoms with van der Waals surface area (Å²) in [4.78, 5) is 13.9. The summed E-state index contributed by atoms with van der Waals surface area (Å²) in [6.07, 6.45) is 1.88. The van der Waals surface area contributed by atoms with Crippen LogP contribution in [0.25, 0.3) is 0 Å². The normalized spacial score (nSPS) is 19.3. The maximum atomic E-state index is 13.1. The number of nitrogens with zero attached hydrogens (tertiary/aromatic N) is 1. The number of hydrogen-bond acceptors (Lipinski definition) is 2. The minimum Gasteiger partial charge on any atom is -0.337 e. The molecule has 1 aliphatic heterocycles. The van der Waals surface area contributed by atoms with Gasteiger partial charge in [0.25, 0.3) is 5.91 Å². The number of carbonyl (C=O) groups is 1. The van der Waals surface area contributed by atoms with Gasteiger partial charge in [0.2, 0.25) is 0 Å². The van der Waals surface area contributed by atoms with Crippen molar-refractivity contribution >= 4 is 34.2 Å². The zero-order chi connectivity index (χ0) is 12.4. The molecule has 0 bridgehead atoms. The molecule has 1 aromatic rings. The average molecular weight is 338 g/mol. The molecule has 3 nitrogen and oxygen atoms in total. The Morgan fingerprint density at radius 1 is 1.50 bits per heavy atom. The van der Waals surface area contributed by atoms with Crippen molar-refractivity contribution in [3.05, 3.63) is 34.1 Å². The van der Waals surface area contributed by atoms with E-state index in [-0.39, 0.29) is 30.2 Å². The molecule has 1 aliphatic rings. The van der Waals surface area contributed by atoms with Crippen LogP contribution in [0.2, 0.25) is 0 Å². The smallest absolute Gasteiger partial charge is 0.253 e. The number of likely N-dealkylation sites (tertiary alicyclic amines) is 1. The summed E-state index contributed by atoms with van der Waals surface area (Å²) in [5.41, 5.74) is 6.32. The van der Waals surface area contributed by atoms with E-state index in [0.29, 0.717) is 16.6 Å². The van der Waals surface area contributed by atoms with Crippen LogP contribution in [0.15, 0.2) is 22.7 Å². The van der Waals surface area contributed by atoms with E-state index in [9.17, 15) is 9.18 Å². The second kappa shape index (κ2) is 6.50. The van der Waals surface area contributed by atoms with Crippen LogP contribution in [0.1, 0.15) is 23.2 Å². The summed E-state index contributed by atoms with van der Waals surface area (Å²) in [6.45, 7) is 1.30. The topological polar surface area (TPSA) is 46.3 Å². The molecule has 0 unspecified atom stereocenters. The van der Waals surface area contributed by atoms with E-state index < -0.39 is 0 Å². The fourth-order valence-corrected chi connectivity index (χ4v) is 2.38. The summed E-state index contributed by atoms with van der Waals surface area (Å²) in [6, 6.07) is 4.36. The highest BCUT2D eigenvalue weighted by molar-refractivity contribution is 9.10. The Labute approximate surface area is 120 Å². The largest absolute Gasteiger partial charge is 0.337 e. The van der Waals surface area contributed by atoms with Crippen LogP contribution in [0.4, 0.5) is 4.39 Å². The molecule has 2 rings (SSSR count). The number of halogens is 3. The van der Waals surface area contributed by atoms with E-state index >= 15 is 0 Å². The highest BCUT2D eigenvalue weighted by Gasteiger charge is 2.22. The van der Waals surface area contributed by atoms with Gasteiger partial charge in [-0.05, 0) is 47.0 Å². The molecule has 0 aliphatic carbocycles. The lowest BCUT2D eigenvalue weighted by Gasteiger charge is -2.30. The molecule has 0 radical (unpaired) electrons. The molecule has 0 spiro atoms. The molecular weight excluding hydrogens is 322 g/mol. The molecule has 1 heterocycles. The van der Waals surface area contributed by atoms with E-state index in [2.05, 4.69) is 15.9 Å². The standard InChI is InChI=1S/C12H14BrFN2O.ClH/c13-10-6-8(3-4-11(10)14)12(17)16-5-1-2-9(15)7-16;/h3-4,6,9H,1-2,5,7,15H2;1H/t9-;/m1./s1. The summed E-state index contributed by atoms with van der Waals surface area (Å²) in [5.74, 6) is -0.447. The summed E-state index contributed by atoms with van der Waals surface area (Å²) >= 11 is 3.08. The zero-order valence-electron chi connectivity index (χ0n) is 9.73. The minimum atomic E-state index is -0.364. The minimum absolute atomic E-state index is 0. The van der Waals surface area contributed by atoms with Gasteiger partial charge >= 0.3 is 0 Å². The van der Waals surface area contributed by atoms with Crippen molar-refractivity contribution in [3.63, 3.8) is 0 Å². The van der Waals surface area contributed by atoms with Gasteiger partial charge in [-0.1, -0.05) is 0 Å². The molecule has 1 fully saturated rings. The fourth-order valence-electron chi connectivity index (χ4n) is 2.01. The lowest BCUT2D eigenvalue weighted by Crippen LogP contribution is -2.45. The molecule has 0 aromatic heterocycles. The van der Waals surface area contributed by atoms with Gasteiger partial charge in [0.15, 0.2) is 0 Å². The van der Waals surface area contributed by atoms with Gasteiger partial charge in [-0.3, -0.25) is 4.79 Å². The predicted octanol–water partition coefficient (Wildman–Crippen LogP) is 2.57. The van der Waals surface area contributed by atoms with Crippen molar-refractivity contribution in [2.75, 3.05) is 13.1 Å². The number of nitrogens with two attached hydrogens (primary N) is 1. The second-order valence-corrected chi connectivity index (χ2v) is 5.14. The molecule has 1 aromatic carbocycles. The second-order valence-electron chi connectivity index (χ2n) is 4.28. The summed E-state index contributed by atoms with van der Waals surface area (Å²) < 4.78 is 13.4. The van der Waals surface area contributed by atoms with Crippen molar-refractivity contribution in [1.82, 2.24) is 4.90 Å². The van der Waals surface area contributed by atoms with E-state index in [0.717, 1.165) is 19.4 Å². The van der Waals surface area contributed by atoms with Gasteiger partial charge in [0.05, 0.1) is 4.47 Å². The number of benzene rings is 1. The van der Waals surface area contributed by atoms with E-state index in [1.54, 1.807) is 4.90 Å². The molecular formula is C12H15BrClFN2O. The van der Waals surface area contributed by atoms with Crippen LogP contribution in [-0.4, -0.2) is 29.9 Å². The first-order valence-electron chi connectivity index (χ1n) is 5.58. The van der Waals surface area contributed by atoms with Crippen molar-refractivity contribution in [2.45, 2.75) is 18.9 Å². The molecule has 1 atom stereocenters. The first-order chi connectivity index (χ1) is 8.08. The highest BCUT2D eigenvalue weighted by Crippen LogP contribution is 2.19. The molecule has 1 amide bonds. The zero-order valence-corrected chi connectivity index (χ0v) is 12.1. The summed E-state index contributed by atoms with van der Waals surface area (Å²) in [5, 5.41) is 0. The third-order valence-corrected chi connectivity index (χ3v) is 3.52. The number of rotatable bonds is 1. The molecule has 18 heavy (non-hydrogen) atoms. The van der Waals surface area contributed by atoms with Gasteiger partial charge in [0.1, 0.15) is 5.82 Å². The first kappa shape index (κ1) is 15.4. The van der Waals surface area contributed by atoms with Crippen molar-refractivity contribution in [2.24, 2.45) is 5.73 Å². The first-order valence-corrected chi connectivity index (χ1v) is 6.37. The van der Waals surface area contributed by atoms with Crippen LogP contribution in [-0.2, 0) is 0 Å². The highest BCUT2D eigenvalue weighted by atomic mass is 79.9. The monoisotopic (exact) mass is 336 g/mol. The summed E-state index contributed by atoms with van der Waals surface area (Å²) in [7, 11) is 0. The maximum Gasteiger partial charge on any atom is 0.253 e. The molecule has 6 heteroatoms. The van der Waals surface area contributed by atoms with Crippen molar-refractivity contribution in [3.8, 4) is 0 Å². The molecule has 100 valence electrons. The van der Waals surface area contributed by atoms with Crippen LogP contribution < -0.4 is 5.73 Å². The lowest BCUT2D eigenvalue weighted by molar-refractivity contribution is 0.0708. The van der Waals surface area contributed by atoms with Crippen molar-refractivity contribution < 1.29 is 9.18 Å². The number of piperidine rings is 1. The van der Waals surface area contributed by atoms with Crippen LogP contribution in [0.5, 0.6) is 0 Å². The third-order valence-electron chi connectivity index (χ3n) is 2.91. The maximum absolute atomic E-state index is 13.1. The van der Waals surface area contributed by atoms with Crippen molar-refractivity contribution in [1.29, 1.82) is 0 Å². The van der Waals surface area contributed by atoms with E-state index in [1.807, 2.05) is 0 Å². The number of carbonyl (C=O) groups excluding carboxylic acids is 1. The Morgan fingerprint density at radius 2 is 2.22 bits per heavy atom. The SMILES string of the molecule is Cl.N[C@@H]1CCCN(C(=O)c2ccc(F)c(Br)c2)C1. The van der Waals surface area contributed by atoms with Gasteiger partial charge in [-0.15, -0.1) is 12.4 Å². The Bertz CT molecular complexity index is 444. The molecule has 1 saturated heterocycles. The van der Waals surface area contributed by atoms with E-state index in [1.165, 1.54) is 18.2 Å². The Kier molecular flexibility index (Phi) is 5.56. The number of amides is 1. The quantitative estimate of drug-likeness (QED) is 0.856. The Morgan fingerprint density at radius 3 is 2.83 bits per heavy atom. The van der Waals surface area contributed by atoms with E-state index in [4.69, 9.17) is 5.73 Å². The molecule has 0 saturated carbocycles. The van der Waals surface area contributed by atoms with Gasteiger partial charge in [-0.2, -0.15) is 0 Å². The fraction of sp³-hybridized carbons (Fsp3) is 0.417. The van der Waals surface area contributed by atoms with Crippen LogP contribution in [0, 0.1) is 5.82 Å². The van der Waals surface area contributed by atoms with Gasteiger partial charge in [0, 0.05) is 24.7 Å². The van der Waals surface area contributed by atoms with Gasteiger partial charge < -0.3 is 10.6 Å². The van der Waals surface area contributed by atoms with Crippen LogP contribution in [0.3, 0.4) is 0 Å². The lowest BCUT2D eigenvalue weighted by atomic mass is 10.1. The Hall–Kier alpha value is -0.650.